The predicted molar refractivity (Wildman–Crippen MR) is 131 cm³/mol. The summed E-state index contributed by atoms with van der Waals surface area (Å²) in [6, 6.07) is 39.4. The second-order valence-corrected chi connectivity index (χ2v) is 8.19. The van der Waals surface area contributed by atoms with Crippen molar-refractivity contribution in [3.8, 4) is 45.0 Å². The molecule has 0 unspecified atom stereocenters. The van der Waals surface area contributed by atoms with E-state index in [2.05, 4.69) is 82.7 Å². The molecule has 4 aromatic carbocycles. The molecule has 148 valence electrons. The Hall–Kier alpha value is -3.56. The van der Waals surface area contributed by atoms with Crippen LogP contribution < -0.4 is 0 Å². The van der Waals surface area contributed by atoms with E-state index < -0.39 is 0 Å². The van der Waals surface area contributed by atoms with Crippen LogP contribution in [0.4, 0.5) is 0 Å². The molecule has 1 heterocycles. The fraction of sp³-hybridized carbons (Fsp3) is 0. The van der Waals surface area contributed by atoms with Crippen LogP contribution in [0.1, 0.15) is 0 Å². The topological polar surface area (TPSA) is 25.8 Å². The molecule has 0 saturated carbocycles. The van der Waals surface area contributed by atoms with E-state index in [1.165, 1.54) is 11.1 Å². The Morgan fingerprint density at radius 1 is 0.419 bits per heavy atom. The van der Waals surface area contributed by atoms with Gasteiger partial charge in [0.2, 0.25) is 0 Å². The predicted octanol–water partition coefficient (Wildman–Crippen LogP) is 7.91. The van der Waals surface area contributed by atoms with Gasteiger partial charge >= 0.3 is 0 Å². The van der Waals surface area contributed by atoms with Gasteiger partial charge in [0.05, 0.1) is 11.4 Å². The Kier molecular flexibility index (Phi) is 5.42. The van der Waals surface area contributed by atoms with Gasteiger partial charge in [0.15, 0.2) is 5.82 Å². The molecule has 1 aromatic heterocycles. The van der Waals surface area contributed by atoms with E-state index in [9.17, 15) is 0 Å². The van der Waals surface area contributed by atoms with Crippen molar-refractivity contribution in [2.24, 2.45) is 0 Å². The summed E-state index contributed by atoms with van der Waals surface area (Å²) in [7, 11) is 0. The summed E-state index contributed by atoms with van der Waals surface area (Å²) < 4.78 is 1.05. The van der Waals surface area contributed by atoms with Crippen molar-refractivity contribution in [3.05, 3.63) is 120 Å². The van der Waals surface area contributed by atoms with Crippen molar-refractivity contribution in [1.29, 1.82) is 0 Å². The molecule has 31 heavy (non-hydrogen) atoms. The van der Waals surface area contributed by atoms with Gasteiger partial charge in [-0.25, -0.2) is 9.97 Å². The van der Waals surface area contributed by atoms with Crippen LogP contribution in [0, 0.1) is 0 Å². The van der Waals surface area contributed by atoms with E-state index in [0.717, 1.165) is 38.4 Å². The summed E-state index contributed by atoms with van der Waals surface area (Å²) in [5.41, 5.74) is 7.34. The molecule has 0 N–H and O–H groups in total. The van der Waals surface area contributed by atoms with Gasteiger partial charge in [0.25, 0.3) is 0 Å². The van der Waals surface area contributed by atoms with Crippen LogP contribution in [0.15, 0.2) is 120 Å². The van der Waals surface area contributed by atoms with Crippen LogP contribution in [0.3, 0.4) is 0 Å². The molecule has 0 aliphatic rings. The SMILES string of the molecule is Brc1ccc(-c2cc(-c3ccc(-c4ccccc4)cc3)nc(-c3ccccc3)n2)cc1. The highest BCUT2D eigenvalue weighted by Crippen LogP contribution is 2.29. The van der Waals surface area contributed by atoms with E-state index in [0.29, 0.717) is 0 Å². The van der Waals surface area contributed by atoms with Gasteiger partial charge in [-0.05, 0) is 29.3 Å². The Balaban J connectivity index is 1.60. The van der Waals surface area contributed by atoms with Gasteiger partial charge in [0, 0.05) is 21.2 Å². The molecule has 0 aliphatic heterocycles. The van der Waals surface area contributed by atoms with Crippen molar-refractivity contribution in [2.75, 3.05) is 0 Å². The maximum atomic E-state index is 4.90. The van der Waals surface area contributed by atoms with E-state index in [1.54, 1.807) is 0 Å². The Morgan fingerprint density at radius 2 is 0.839 bits per heavy atom. The summed E-state index contributed by atoms with van der Waals surface area (Å²) in [6.45, 7) is 0. The fourth-order valence-corrected chi connectivity index (χ4v) is 3.81. The first-order valence-corrected chi connectivity index (χ1v) is 10.9. The monoisotopic (exact) mass is 462 g/mol. The Morgan fingerprint density at radius 3 is 1.39 bits per heavy atom. The van der Waals surface area contributed by atoms with Gasteiger partial charge in [-0.1, -0.05) is 113 Å². The van der Waals surface area contributed by atoms with E-state index in [4.69, 9.17) is 9.97 Å². The molecule has 0 bridgehead atoms. The number of hydrogen-bond acceptors (Lipinski definition) is 2. The average Bonchev–Trinajstić information content (AvgIpc) is 2.85. The first kappa shape index (κ1) is 19.4. The molecule has 3 heteroatoms. The van der Waals surface area contributed by atoms with Crippen LogP contribution in [0.25, 0.3) is 45.0 Å². The van der Waals surface area contributed by atoms with Crippen LogP contribution in [0.5, 0.6) is 0 Å². The zero-order valence-corrected chi connectivity index (χ0v) is 18.3. The third-order valence-electron chi connectivity index (χ3n) is 5.19. The highest BCUT2D eigenvalue weighted by Gasteiger charge is 2.11. The lowest BCUT2D eigenvalue weighted by molar-refractivity contribution is 1.18. The molecule has 0 aliphatic carbocycles. The molecule has 0 atom stereocenters. The van der Waals surface area contributed by atoms with Crippen LogP contribution in [-0.2, 0) is 0 Å². The number of nitrogens with zero attached hydrogens (tertiary/aromatic N) is 2. The number of hydrogen-bond donors (Lipinski definition) is 0. The second kappa shape index (κ2) is 8.66. The van der Waals surface area contributed by atoms with Crippen molar-refractivity contribution in [3.63, 3.8) is 0 Å². The van der Waals surface area contributed by atoms with Crippen LogP contribution in [0.2, 0.25) is 0 Å². The molecule has 0 saturated heterocycles. The third kappa shape index (κ3) is 4.32. The van der Waals surface area contributed by atoms with Gasteiger partial charge in [0.1, 0.15) is 0 Å². The standard InChI is InChI=1S/C28H19BrN2/c29-25-17-15-23(16-18-25)27-19-26(30-28(31-27)24-9-5-2-6-10-24)22-13-11-21(12-14-22)20-7-3-1-4-8-20/h1-19H. The molecule has 5 aromatic rings. The smallest absolute Gasteiger partial charge is 0.160 e. The summed E-state index contributed by atoms with van der Waals surface area (Å²) in [5.74, 6) is 0.725. The fourth-order valence-electron chi connectivity index (χ4n) is 3.54. The summed E-state index contributed by atoms with van der Waals surface area (Å²) in [4.78, 5) is 9.77. The lowest BCUT2D eigenvalue weighted by Crippen LogP contribution is -1.95. The molecule has 0 spiro atoms. The number of aromatic nitrogens is 2. The minimum absolute atomic E-state index is 0.725. The van der Waals surface area contributed by atoms with E-state index >= 15 is 0 Å². The van der Waals surface area contributed by atoms with Crippen molar-refractivity contribution < 1.29 is 0 Å². The molecular weight excluding hydrogens is 444 g/mol. The molecule has 0 fully saturated rings. The maximum Gasteiger partial charge on any atom is 0.160 e. The first-order valence-electron chi connectivity index (χ1n) is 10.1. The maximum absolute atomic E-state index is 4.90. The number of benzene rings is 4. The molecule has 2 nitrogen and oxygen atoms in total. The van der Waals surface area contributed by atoms with E-state index in [1.807, 2.05) is 48.5 Å². The minimum atomic E-state index is 0.725. The van der Waals surface area contributed by atoms with Crippen molar-refractivity contribution >= 4 is 15.9 Å². The Labute approximate surface area is 190 Å². The van der Waals surface area contributed by atoms with Crippen LogP contribution in [-0.4, -0.2) is 9.97 Å². The van der Waals surface area contributed by atoms with Gasteiger partial charge in [-0.2, -0.15) is 0 Å². The lowest BCUT2D eigenvalue weighted by atomic mass is 10.0. The normalized spacial score (nSPS) is 10.7. The summed E-state index contributed by atoms with van der Waals surface area (Å²) in [6.07, 6.45) is 0. The van der Waals surface area contributed by atoms with Gasteiger partial charge < -0.3 is 0 Å². The molecule has 0 radical (unpaired) electrons. The lowest BCUT2D eigenvalue weighted by Gasteiger charge is -2.10. The number of halogens is 1. The van der Waals surface area contributed by atoms with E-state index in [-0.39, 0.29) is 0 Å². The second-order valence-electron chi connectivity index (χ2n) is 7.28. The van der Waals surface area contributed by atoms with Crippen LogP contribution >= 0.6 is 15.9 Å². The van der Waals surface area contributed by atoms with Crippen molar-refractivity contribution in [2.45, 2.75) is 0 Å². The largest absolute Gasteiger partial charge is 0.228 e. The van der Waals surface area contributed by atoms with Gasteiger partial charge in [-0.15, -0.1) is 0 Å². The molecule has 5 rings (SSSR count). The van der Waals surface area contributed by atoms with Gasteiger partial charge in [-0.3, -0.25) is 0 Å². The minimum Gasteiger partial charge on any atom is -0.228 e. The summed E-state index contributed by atoms with van der Waals surface area (Å²) >= 11 is 3.51. The zero-order valence-electron chi connectivity index (χ0n) is 16.7. The number of rotatable bonds is 4. The Bertz CT molecular complexity index is 1300. The average molecular weight is 463 g/mol. The molecule has 0 amide bonds. The highest BCUT2D eigenvalue weighted by atomic mass is 79.9. The summed E-state index contributed by atoms with van der Waals surface area (Å²) in [5, 5.41) is 0. The highest BCUT2D eigenvalue weighted by molar-refractivity contribution is 9.10. The third-order valence-corrected chi connectivity index (χ3v) is 5.71. The first-order chi connectivity index (χ1) is 15.3. The molecular formula is C28H19BrN2. The quantitative estimate of drug-likeness (QED) is 0.271. The zero-order chi connectivity index (χ0) is 21.0. The van der Waals surface area contributed by atoms with Crippen molar-refractivity contribution in [1.82, 2.24) is 9.97 Å².